The van der Waals surface area contributed by atoms with Crippen LogP contribution >= 0.6 is 11.6 Å². The van der Waals surface area contributed by atoms with E-state index in [0.717, 1.165) is 31.0 Å². The zero-order chi connectivity index (χ0) is 15.2. The van der Waals surface area contributed by atoms with Crippen molar-refractivity contribution < 1.29 is 27.4 Å². The zero-order valence-corrected chi connectivity index (χ0v) is 11.6. The molecule has 0 saturated heterocycles. The molecule has 0 radical (unpaired) electrons. The smallest absolute Gasteiger partial charge is 0.417 e. The van der Waals surface area contributed by atoms with E-state index in [-0.39, 0.29) is 12.4 Å². The highest BCUT2D eigenvalue weighted by Crippen LogP contribution is 2.36. The van der Waals surface area contributed by atoms with Crippen molar-refractivity contribution >= 4 is 17.6 Å². The minimum Gasteiger partial charge on any atom is -0.482 e. The van der Waals surface area contributed by atoms with Crippen molar-refractivity contribution in [2.75, 3.05) is 13.2 Å². The number of benzene rings is 1. The van der Waals surface area contributed by atoms with Crippen LogP contribution in [-0.4, -0.2) is 19.2 Å². The lowest BCUT2D eigenvalue weighted by molar-refractivity contribution is -0.146. The summed E-state index contributed by atoms with van der Waals surface area (Å²) in [5.41, 5.74) is -0.947. The molecule has 0 aromatic heterocycles. The van der Waals surface area contributed by atoms with Crippen molar-refractivity contribution in [3.05, 3.63) is 28.8 Å². The fourth-order valence-corrected chi connectivity index (χ4v) is 1.61. The summed E-state index contributed by atoms with van der Waals surface area (Å²) in [6.07, 6.45) is -2.88. The Bertz CT molecular complexity index is 461. The second kappa shape index (κ2) is 7.38. The highest BCUT2D eigenvalue weighted by Gasteiger charge is 2.33. The molecule has 0 unspecified atom stereocenters. The molecule has 1 aromatic carbocycles. The third kappa shape index (κ3) is 5.28. The molecule has 0 aliphatic rings. The van der Waals surface area contributed by atoms with Crippen molar-refractivity contribution in [1.29, 1.82) is 0 Å². The van der Waals surface area contributed by atoms with E-state index >= 15 is 0 Å². The topological polar surface area (TPSA) is 35.5 Å². The first kappa shape index (κ1) is 16.6. The van der Waals surface area contributed by atoms with Crippen molar-refractivity contribution in [2.24, 2.45) is 0 Å². The van der Waals surface area contributed by atoms with E-state index in [1.54, 1.807) is 0 Å². The maximum atomic E-state index is 12.5. The predicted octanol–water partition coefficient (Wildman–Crippen LogP) is 4.08. The Labute approximate surface area is 119 Å². The van der Waals surface area contributed by atoms with Crippen LogP contribution in [0.25, 0.3) is 0 Å². The fraction of sp³-hybridized carbons (Fsp3) is 0.462. The van der Waals surface area contributed by atoms with Gasteiger partial charge in [-0.3, -0.25) is 0 Å². The van der Waals surface area contributed by atoms with Crippen LogP contribution in [0.4, 0.5) is 13.2 Å². The van der Waals surface area contributed by atoms with Gasteiger partial charge in [-0.1, -0.05) is 24.9 Å². The van der Waals surface area contributed by atoms with Gasteiger partial charge in [-0.2, -0.15) is 13.2 Å². The van der Waals surface area contributed by atoms with Gasteiger partial charge in [0.1, 0.15) is 5.75 Å². The van der Waals surface area contributed by atoms with Crippen molar-refractivity contribution in [2.45, 2.75) is 25.9 Å². The number of hydrogen-bond acceptors (Lipinski definition) is 3. The van der Waals surface area contributed by atoms with Crippen molar-refractivity contribution in [1.82, 2.24) is 0 Å². The number of unbranched alkanes of at least 4 members (excludes halogenated alkanes) is 1. The molecule has 3 nitrogen and oxygen atoms in total. The standard InChI is InChI=1S/C13H14ClF3O3/c1-2-3-6-19-12(18)8-20-9-4-5-10(11(14)7-9)13(15,16)17/h4-5,7H,2-3,6,8H2,1H3. The predicted molar refractivity (Wildman–Crippen MR) is 67.8 cm³/mol. The van der Waals surface area contributed by atoms with Gasteiger partial charge in [-0.25, -0.2) is 4.79 Å². The first-order chi connectivity index (χ1) is 9.34. The van der Waals surface area contributed by atoms with Gasteiger partial charge in [0.05, 0.1) is 17.2 Å². The summed E-state index contributed by atoms with van der Waals surface area (Å²) >= 11 is 5.52. The Hall–Kier alpha value is -1.43. The molecule has 1 rings (SSSR count). The Morgan fingerprint density at radius 3 is 2.60 bits per heavy atom. The third-order valence-corrected chi connectivity index (χ3v) is 2.68. The highest BCUT2D eigenvalue weighted by atomic mass is 35.5. The Balaban J connectivity index is 2.54. The van der Waals surface area contributed by atoms with Gasteiger partial charge < -0.3 is 9.47 Å². The van der Waals surface area contributed by atoms with E-state index in [1.165, 1.54) is 0 Å². The van der Waals surface area contributed by atoms with Gasteiger partial charge in [-0.05, 0) is 24.6 Å². The molecule has 112 valence electrons. The Kier molecular flexibility index (Phi) is 6.13. The average Bonchev–Trinajstić information content (AvgIpc) is 2.35. The maximum absolute atomic E-state index is 12.5. The number of hydrogen-bond donors (Lipinski definition) is 0. The van der Waals surface area contributed by atoms with Crippen molar-refractivity contribution in [3.63, 3.8) is 0 Å². The minimum absolute atomic E-state index is 0.0791. The average molecular weight is 311 g/mol. The van der Waals surface area contributed by atoms with Crippen LogP contribution < -0.4 is 4.74 Å². The molecule has 20 heavy (non-hydrogen) atoms. The molecule has 0 amide bonds. The largest absolute Gasteiger partial charge is 0.482 e. The van der Waals surface area contributed by atoms with Gasteiger partial charge in [0.15, 0.2) is 6.61 Å². The highest BCUT2D eigenvalue weighted by molar-refractivity contribution is 6.31. The quantitative estimate of drug-likeness (QED) is 0.586. The van der Waals surface area contributed by atoms with Crippen LogP contribution in [0.3, 0.4) is 0 Å². The van der Waals surface area contributed by atoms with E-state index in [4.69, 9.17) is 21.1 Å². The number of carbonyl (C=O) groups excluding carboxylic acids is 1. The van der Waals surface area contributed by atoms with Crippen molar-refractivity contribution in [3.8, 4) is 5.75 Å². The molecule has 0 bridgehead atoms. The van der Waals surface area contributed by atoms with E-state index < -0.39 is 22.7 Å². The lowest BCUT2D eigenvalue weighted by atomic mass is 10.2. The third-order valence-electron chi connectivity index (χ3n) is 2.36. The SMILES string of the molecule is CCCCOC(=O)COc1ccc(C(F)(F)F)c(Cl)c1. The lowest BCUT2D eigenvalue weighted by Crippen LogP contribution is -2.15. The summed E-state index contributed by atoms with van der Waals surface area (Å²) in [6, 6.07) is 2.93. The summed E-state index contributed by atoms with van der Waals surface area (Å²) in [5, 5.41) is -0.477. The molecule has 0 aliphatic carbocycles. The first-order valence-electron chi connectivity index (χ1n) is 5.99. The molecule has 0 saturated carbocycles. The molecule has 0 N–H and O–H groups in total. The van der Waals surface area contributed by atoms with Crippen LogP contribution in [0.15, 0.2) is 18.2 Å². The normalized spacial score (nSPS) is 11.2. The maximum Gasteiger partial charge on any atom is 0.417 e. The van der Waals surface area contributed by atoms with Gasteiger partial charge in [0.25, 0.3) is 0 Å². The van der Waals surface area contributed by atoms with E-state index in [0.29, 0.717) is 6.61 Å². The van der Waals surface area contributed by atoms with E-state index in [1.807, 2.05) is 6.92 Å². The number of rotatable bonds is 6. The second-order valence-corrected chi connectivity index (χ2v) is 4.41. The van der Waals surface area contributed by atoms with Gasteiger partial charge in [0.2, 0.25) is 0 Å². The Morgan fingerprint density at radius 2 is 2.05 bits per heavy atom. The van der Waals surface area contributed by atoms with Crippen LogP contribution in [0, 0.1) is 0 Å². The zero-order valence-electron chi connectivity index (χ0n) is 10.8. The number of alkyl halides is 3. The molecular formula is C13H14ClF3O3. The summed E-state index contributed by atoms with van der Waals surface area (Å²) in [5.74, 6) is -0.495. The lowest BCUT2D eigenvalue weighted by Gasteiger charge is -2.11. The molecule has 0 atom stereocenters. The number of halogens is 4. The summed E-state index contributed by atoms with van der Waals surface area (Å²) in [4.78, 5) is 11.2. The molecule has 0 spiro atoms. The molecule has 7 heteroatoms. The van der Waals surface area contributed by atoms with Gasteiger partial charge in [-0.15, -0.1) is 0 Å². The van der Waals surface area contributed by atoms with Crippen LogP contribution in [0.1, 0.15) is 25.3 Å². The minimum atomic E-state index is -4.52. The van der Waals surface area contributed by atoms with E-state index in [9.17, 15) is 18.0 Å². The number of carbonyl (C=O) groups is 1. The molecule has 0 aliphatic heterocycles. The van der Waals surface area contributed by atoms with Crippen LogP contribution in [0.5, 0.6) is 5.75 Å². The van der Waals surface area contributed by atoms with Crippen LogP contribution in [0.2, 0.25) is 5.02 Å². The summed E-state index contributed by atoms with van der Waals surface area (Å²) < 4.78 is 47.3. The molecule has 1 aromatic rings. The number of esters is 1. The number of ether oxygens (including phenoxy) is 2. The van der Waals surface area contributed by atoms with E-state index in [2.05, 4.69) is 0 Å². The summed E-state index contributed by atoms with van der Waals surface area (Å²) in [6.45, 7) is 1.88. The summed E-state index contributed by atoms with van der Waals surface area (Å²) in [7, 11) is 0. The first-order valence-corrected chi connectivity index (χ1v) is 6.37. The Morgan fingerprint density at radius 1 is 1.35 bits per heavy atom. The molecular weight excluding hydrogens is 297 g/mol. The molecule has 0 fully saturated rings. The second-order valence-electron chi connectivity index (χ2n) is 4.00. The van der Waals surface area contributed by atoms with Gasteiger partial charge in [0, 0.05) is 0 Å². The molecule has 0 heterocycles. The van der Waals surface area contributed by atoms with Crippen LogP contribution in [-0.2, 0) is 15.7 Å². The fourth-order valence-electron chi connectivity index (χ4n) is 1.33. The van der Waals surface area contributed by atoms with Gasteiger partial charge >= 0.3 is 12.1 Å². The monoisotopic (exact) mass is 310 g/mol.